The third kappa shape index (κ3) is 2.44. The fraction of sp³-hybridized carbons (Fsp3) is 0.0667. The molecular formula is C15H12BrN3O. The van der Waals surface area contributed by atoms with Crippen molar-refractivity contribution < 1.29 is 5.11 Å². The van der Waals surface area contributed by atoms with Crippen molar-refractivity contribution in [1.82, 2.24) is 9.97 Å². The Morgan fingerprint density at radius 3 is 2.95 bits per heavy atom. The SMILES string of the molecule is Cc1nc2ccc(N=Cc3c(O)cccc3Br)cc2[nH]1. The zero-order valence-electron chi connectivity index (χ0n) is 10.8. The normalized spacial score (nSPS) is 11.5. The highest BCUT2D eigenvalue weighted by atomic mass is 79.9. The molecular weight excluding hydrogens is 318 g/mol. The van der Waals surface area contributed by atoms with Gasteiger partial charge >= 0.3 is 0 Å². The summed E-state index contributed by atoms with van der Waals surface area (Å²) in [5.41, 5.74) is 3.34. The van der Waals surface area contributed by atoms with Gasteiger partial charge in [-0.25, -0.2) is 4.98 Å². The van der Waals surface area contributed by atoms with E-state index in [1.54, 1.807) is 18.3 Å². The summed E-state index contributed by atoms with van der Waals surface area (Å²) in [4.78, 5) is 11.9. The number of imidazole rings is 1. The smallest absolute Gasteiger partial charge is 0.125 e. The van der Waals surface area contributed by atoms with Crippen molar-refractivity contribution in [3.8, 4) is 5.75 Å². The van der Waals surface area contributed by atoms with Crippen molar-refractivity contribution >= 4 is 38.9 Å². The second-order valence-electron chi connectivity index (χ2n) is 4.45. The lowest BCUT2D eigenvalue weighted by Crippen LogP contribution is -1.84. The third-order valence-corrected chi connectivity index (χ3v) is 3.65. The lowest BCUT2D eigenvalue weighted by molar-refractivity contribution is 0.474. The van der Waals surface area contributed by atoms with Crippen LogP contribution in [0.4, 0.5) is 5.69 Å². The minimum atomic E-state index is 0.196. The molecule has 4 nitrogen and oxygen atoms in total. The zero-order chi connectivity index (χ0) is 14.1. The number of aliphatic imine (C=N–C) groups is 1. The molecule has 0 saturated carbocycles. The van der Waals surface area contributed by atoms with Crippen LogP contribution in [0.5, 0.6) is 5.75 Å². The van der Waals surface area contributed by atoms with Gasteiger partial charge < -0.3 is 10.1 Å². The van der Waals surface area contributed by atoms with Crippen molar-refractivity contribution in [2.24, 2.45) is 4.99 Å². The van der Waals surface area contributed by atoms with Gasteiger partial charge in [-0.2, -0.15) is 0 Å². The number of phenolic OH excluding ortho intramolecular Hbond substituents is 1. The maximum Gasteiger partial charge on any atom is 0.125 e. The first-order valence-electron chi connectivity index (χ1n) is 6.11. The summed E-state index contributed by atoms with van der Waals surface area (Å²) in [6.07, 6.45) is 1.64. The van der Waals surface area contributed by atoms with E-state index in [0.717, 1.165) is 27.0 Å². The number of aromatic amines is 1. The monoisotopic (exact) mass is 329 g/mol. The molecule has 0 aliphatic carbocycles. The van der Waals surface area contributed by atoms with Crippen LogP contribution in [-0.4, -0.2) is 21.3 Å². The van der Waals surface area contributed by atoms with Gasteiger partial charge in [-0.15, -0.1) is 0 Å². The Balaban J connectivity index is 1.98. The fourth-order valence-corrected chi connectivity index (χ4v) is 2.46. The Labute approximate surface area is 124 Å². The van der Waals surface area contributed by atoms with Crippen molar-refractivity contribution in [3.63, 3.8) is 0 Å². The number of rotatable bonds is 2. The standard InChI is InChI=1S/C15H12BrN3O/c1-9-18-13-6-5-10(7-14(13)19-9)17-8-11-12(16)3-2-4-15(11)20/h2-8,20H,1H3,(H,18,19). The predicted octanol–water partition coefficient (Wildman–Crippen LogP) is 4.09. The zero-order valence-corrected chi connectivity index (χ0v) is 12.3. The Morgan fingerprint density at radius 1 is 1.30 bits per heavy atom. The number of aromatic hydroxyl groups is 1. The molecule has 100 valence electrons. The molecule has 2 aromatic carbocycles. The van der Waals surface area contributed by atoms with Crippen LogP contribution in [0.3, 0.4) is 0 Å². The molecule has 20 heavy (non-hydrogen) atoms. The number of fused-ring (bicyclic) bond motifs is 1. The average Bonchev–Trinajstić information content (AvgIpc) is 2.77. The molecule has 3 aromatic rings. The van der Waals surface area contributed by atoms with Gasteiger partial charge in [-0.05, 0) is 53.2 Å². The van der Waals surface area contributed by atoms with Crippen LogP contribution in [0.2, 0.25) is 0 Å². The van der Waals surface area contributed by atoms with Crippen LogP contribution < -0.4 is 0 Å². The second kappa shape index (κ2) is 5.09. The van der Waals surface area contributed by atoms with Crippen LogP contribution in [0, 0.1) is 6.92 Å². The Hall–Kier alpha value is -2.14. The van der Waals surface area contributed by atoms with Crippen LogP contribution in [0.1, 0.15) is 11.4 Å². The van der Waals surface area contributed by atoms with Crippen LogP contribution in [-0.2, 0) is 0 Å². The molecule has 1 aromatic heterocycles. The van der Waals surface area contributed by atoms with Gasteiger partial charge in [0.05, 0.1) is 16.7 Å². The Kier molecular flexibility index (Phi) is 3.28. The highest BCUT2D eigenvalue weighted by Gasteiger charge is 2.03. The molecule has 0 aliphatic rings. The Bertz CT molecular complexity index is 788. The summed E-state index contributed by atoms with van der Waals surface area (Å²) >= 11 is 3.40. The lowest BCUT2D eigenvalue weighted by Gasteiger charge is -2.01. The number of nitrogens with one attached hydrogen (secondary N) is 1. The number of halogens is 1. The number of aromatic nitrogens is 2. The van der Waals surface area contributed by atoms with Crippen LogP contribution >= 0.6 is 15.9 Å². The summed E-state index contributed by atoms with van der Waals surface area (Å²) in [5, 5.41) is 9.81. The molecule has 2 N–H and O–H groups in total. The molecule has 0 unspecified atom stereocenters. The average molecular weight is 330 g/mol. The summed E-state index contributed by atoms with van der Waals surface area (Å²) in [6, 6.07) is 11.0. The maximum absolute atomic E-state index is 9.81. The van der Waals surface area contributed by atoms with E-state index in [9.17, 15) is 5.11 Å². The van der Waals surface area contributed by atoms with Crippen molar-refractivity contribution in [1.29, 1.82) is 0 Å². The Morgan fingerprint density at radius 2 is 2.15 bits per heavy atom. The summed E-state index contributed by atoms with van der Waals surface area (Å²) < 4.78 is 0.805. The number of hydrogen-bond acceptors (Lipinski definition) is 3. The number of H-pyrrole nitrogens is 1. The highest BCUT2D eigenvalue weighted by molar-refractivity contribution is 9.10. The van der Waals surface area contributed by atoms with Crippen LogP contribution in [0.25, 0.3) is 11.0 Å². The molecule has 0 radical (unpaired) electrons. The molecule has 0 aliphatic heterocycles. The van der Waals surface area contributed by atoms with Crippen LogP contribution in [0.15, 0.2) is 45.9 Å². The largest absolute Gasteiger partial charge is 0.507 e. The predicted molar refractivity (Wildman–Crippen MR) is 83.9 cm³/mol. The number of benzene rings is 2. The number of hydrogen-bond donors (Lipinski definition) is 2. The van der Waals surface area contributed by atoms with Gasteiger partial charge in [0, 0.05) is 16.3 Å². The molecule has 5 heteroatoms. The second-order valence-corrected chi connectivity index (χ2v) is 5.31. The van der Waals surface area contributed by atoms with E-state index in [1.165, 1.54) is 0 Å². The van der Waals surface area contributed by atoms with Crippen molar-refractivity contribution in [2.45, 2.75) is 6.92 Å². The van der Waals surface area contributed by atoms with E-state index in [1.807, 2.05) is 31.2 Å². The minimum Gasteiger partial charge on any atom is -0.507 e. The van der Waals surface area contributed by atoms with Gasteiger partial charge in [0.25, 0.3) is 0 Å². The van der Waals surface area contributed by atoms with Gasteiger partial charge in [0.2, 0.25) is 0 Å². The topological polar surface area (TPSA) is 61.3 Å². The molecule has 0 atom stereocenters. The summed E-state index contributed by atoms with van der Waals surface area (Å²) in [5.74, 6) is 1.08. The van der Waals surface area contributed by atoms with E-state index in [4.69, 9.17) is 0 Å². The fourth-order valence-electron chi connectivity index (χ4n) is 2.00. The van der Waals surface area contributed by atoms with E-state index in [-0.39, 0.29) is 5.75 Å². The van der Waals surface area contributed by atoms with E-state index < -0.39 is 0 Å². The minimum absolute atomic E-state index is 0.196. The summed E-state index contributed by atoms with van der Waals surface area (Å²) in [6.45, 7) is 1.92. The van der Waals surface area contributed by atoms with E-state index >= 15 is 0 Å². The van der Waals surface area contributed by atoms with E-state index in [0.29, 0.717) is 5.56 Å². The third-order valence-electron chi connectivity index (χ3n) is 2.96. The first-order chi connectivity index (χ1) is 9.63. The van der Waals surface area contributed by atoms with Crippen molar-refractivity contribution in [2.75, 3.05) is 0 Å². The lowest BCUT2D eigenvalue weighted by atomic mass is 10.2. The molecule has 1 heterocycles. The molecule has 3 rings (SSSR count). The molecule has 0 spiro atoms. The molecule has 0 fully saturated rings. The quantitative estimate of drug-likeness (QED) is 0.695. The summed E-state index contributed by atoms with van der Waals surface area (Å²) in [7, 11) is 0. The van der Waals surface area contributed by atoms with Gasteiger partial charge in [-0.3, -0.25) is 4.99 Å². The number of aryl methyl sites for hydroxylation is 1. The van der Waals surface area contributed by atoms with E-state index in [2.05, 4.69) is 30.9 Å². The molecule has 0 bridgehead atoms. The van der Waals surface area contributed by atoms with Gasteiger partial charge in [0.15, 0.2) is 0 Å². The highest BCUT2D eigenvalue weighted by Crippen LogP contribution is 2.25. The first kappa shape index (κ1) is 12.9. The number of nitrogens with zero attached hydrogens (tertiary/aromatic N) is 2. The van der Waals surface area contributed by atoms with Gasteiger partial charge in [-0.1, -0.05) is 6.07 Å². The molecule has 0 amide bonds. The first-order valence-corrected chi connectivity index (χ1v) is 6.91. The maximum atomic E-state index is 9.81. The van der Waals surface area contributed by atoms with Gasteiger partial charge in [0.1, 0.15) is 11.6 Å². The number of phenols is 1. The van der Waals surface area contributed by atoms with Crippen molar-refractivity contribution in [3.05, 3.63) is 52.3 Å². The molecule has 0 saturated heterocycles.